The normalized spacial score (nSPS) is 11.9. The number of carboxylic acids is 1. The van der Waals surface area contributed by atoms with Crippen LogP contribution in [0, 0.1) is 13.8 Å². The van der Waals surface area contributed by atoms with Crippen molar-refractivity contribution >= 4 is 5.97 Å². The molecule has 3 N–H and O–H groups in total. The number of aromatic nitrogens is 2. The highest BCUT2D eigenvalue weighted by Crippen LogP contribution is 2.19. The van der Waals surface area contributed by atoms with Crippen LogP contribution in [0.15, 0.2) is 5.11 Å². The van der Waals surface area contributed by atoms with Gasteiger partial charge in [0.2, 0.25) is 0 Å². The molecule has 98 valence electrons. The van der Waals surface area contributed by atoms with Gasteiger partial charge in [0.1, 0.15) is 6.04 Å². The molecule has 1 heterocycles. The molecule has 1 rings (SSSR count). The summed E-state index contributed by atoms with van der Waals surface area (Å²) < 4.78 is 0. The average molecular weight is 252 g/mol. The molecule has 18 heavy (non-hydrogen) atoms. The van der Waals surface area contributed by atoms with E-state index in [-0.39, 0.29) is 0 Å². The van der Waals surface area contributed by atoms with Crippen molar-refractivity contribution in [1.29, 1.82) is 0 Å². The molecule has 0 bridgehead atoms. The Bertz CT molecular complexity index is 443. The number of aryl methyl sites for hydroxylation is 2. The molecule has 0 aromatic carbocycles. The Balaban J connectivity index is 2.67. The van der Waals surface area contributed by atoms with Crippen LogP contribution in [0.25, 0.3) is 10.4 Å². The third-order valence-electron chi connectivity index (χ3n) is 2.57. The molecule has 0 saturated heterocycles. The number of aliphatic carboxylic acids is 1. The fraction of sp³-hybridized carbons (Fsp3) is 0.600. The lowest BCUT2D eigenvalue weighted by Gasteiger charge is -2.14. The maximum absolute atomic E-state index is 11.2. The molecule has 0 aliphatic heterocycles. The Morgan fingerprint density at radius 3 is 2.89 bits per heavy atom. The van der Waals surface area contributed by atoms with Crippen LogP contribution in [0.4, 0.5) is 0 Å². The molecular weight excluding hydrogens is 236 g/mol. The fourth-order valence-electron chi connectivity index (χ4n) is 1.74. The molecule has 0 spiro atoms. The smallest absolute Gasteiger partial charge is 0.325 e. The highest BCUT2D eigenvalue weighted by molar-refractivity contribution is 5.76. The summed E-state index contributed by atoms with van der Waals surface area (Å²) in [6, 6.07) is -0.796. The number of nitrogens with zero attached hydrogens (tertiary/aromatic N) is 4. The lowest BCUT2D eigenvalue weighted by molar-refractivity contribution is -0.139. The van der Waals surface area contributed by atoms with Gasteiger partial charge in [-0.1, -0.05) is 5.11 Å². The average Bonchev–Trinajstić information content (AvgIpc) is 2.64. The second-order valence-corrected chi connectivity index (χ2v) is 3.88. The third-order valence-corrected chi connectivity index (χ3v) is 2.57. The topological polar surface area (TPSA) is 127 Å². The van der Waals surface area contributed by atoms with Gasteiger partial charge in [0.05, 0.1) is 5.69 Å². The summed E-state index contributed by atoms with van der Waals surface area (Å²) in [6.45, 7) is 4.35. The van der Waals surface area contributed by atoms with E-state index >= 15 is 0 Å². The molecular formula is C10H16N6O2. The van der Waals surface area contributed by atoms with Crippen molar-refractivity contribution in [3.8, 4) is 0 Å². The number of nitrogens with one attached hydrogen (secondary N) is 2. The standard InChI is InChI=1S/C10H16N6O2/c1-6-8(7(2)15-14-6)9(10(17)18)12-4-3-5-13-16-11/h9,12H,3-5H2,1-2H3,(H,14,15)(H,17,18). The third kappa shape index (κ3) is 3.47. The zero-order chi connectivity index (χ0) is 13.5. The second-order valence-electron chi connectivity index (χ2n) is 3.88. The zero-order valence-corrected chi connectivity index (χ0v) is 10.3. The molecule has 8 heteroatoms. The number of aromatic amines is 1. The summed E-state index contributed by atoms with van der Waals surface area (Å²) >= 11 is 0. The Kier molecular flexibility index (Phi) is 5.16. The minimum atomic E-state index is -0.952. The highest BCUT2D eigenvalue weighted by Gasteiger charge is 2.24. The largest absolute Gasteiger partial charge is 0.480 e. The van der Waals surface area contributed by atoms with Crippen LogP contribution in [-0.4, -0.2) is 34.4 Å². The van der Waals surface area contributed by atoms with Crippen LogP contribution < -0.4 is 5.32 Å². The van der Waals surface area contributed by atoms with Gasteiger partial charge in [-0.3, -0.25) is 9.89 Å². The number of rotatable bonds is 7. The Morgan fingerprint density at radius 2 is 2.39 bits per heavy atom. The van der Waals surface area contributed by atoms with E-state index in [2.05, 4.69) is 25.5 Å². The van der Waals surface area contributed by atoms with Gasteiger partial charge in [-0.2, -0.15) is 5.10 Å². The van der Waals surface area contributed by atoms with Crippen LogP contribution in [0.1, 0.15) is 29.4 Å². The summed E-state index contributed by atoms with van der Waals surface area (Å²) in [6.07, 6.45) is 0.587. The summed E-state index contributed by atoms with van der Waals surface area (Å²) in [7, 11) is 0. The first kappa shape index (κ1) is 14.0. The Hall–Kier alpha value is -2.05. The predicted octanol–water partition coefficient (Wildman–Crippen LogP) is 1.44. The van der Waals surface area contributed by atoms with E-state index in [9.17, 15) is 9.90 Å². The number of carboxylic acid groups (broad SMARTS) is 1. The minimum Gasteiger partial charge on any atom is -0.480 e. The van der Waals surface area contributed by atoms with Crippen LogP contribution in [0.5, 0.6) is 0 Å². The lowest BCUT2D eigenvalue weighted by atomic mass is 10.1. The monoisotopic (exact) mass is 252 g/mol. The van der Waals surface area contributed by atoms with Gasteiger partial charge in [0.15, 0.2) is 0 Å². The summed E-state index contributed by atoms with van der Waals surface area (Å²) in [5.74, 6) is -0.952. The number of H-pyrrole nitrogens is 1. The van der Waals surface area contributed by atoms with Crippen molar-refractivity contribution < 1.29 is 9.90 Å². The molecule has 1 aromatic heterocycles. The first-order valence-corrected chi connectivity index (χ1v) is 5.56. The zero-order valence-electron chi connectivity index (χ0n) is 10.3. The van der Waals surface area contributed by atoms with Crippen LogP contribution in [0.2, 0.25) is 0 Å². The van der Waals surface area contributed by atoms with Gasteiger partial charge in [-0.15, -0.1) is 0 Å². The molecule has 0 aliphatic rings. The van der Waals surface area contributed by atoms with Crippen molar-refractivity contribution in [2.24, 2.45) is 5.11 Å². The molecule has 1 unspecified atom stereocenters. The molecule has 0 saturated carbocycles. The second kappa shape index (κ2) is 6.63. The fourth-order valence-corrected chi connectivity index (χ4v) is 1.74. The SMILES string of the molecule is Cc1n[nH]c(C)c1C(NCCCN=[N+]=[N-])C(=O)O. The van der Waals surface area contributed by atoms with Crippen molar-refractivity contribution in [3.05, 3.63) is 27.4 Å². The molecule has 1 atom stereocenters. The lowest BCUT2D eigenvalue weighted by Crippen LogP contribution is -2.30. The van der Waals surface area contributed by atoms with Gasteiger partial charge < -0.3 is 10.4 Å². The van der Waals surface area contributed by atoms with Crippen molar-refractivity contribution in [2.75, 3.05) is 13.1 Å². The van der Waals surface area contributed by atoms with Crippen LogP contribution in [-0.2, 0) is 4.79 Å². The minimum absolute atomic E-state index is 0.346. The quantitative estimate of drug-likeness (QED) is 0.293. The number of azide groups is 1. The maximum atomic E-state index is 11.2. The maximum Gasteiger partial charge on any atom is 0.325 e. The van der Waals surface area contributed by atoms with E-state index in [1.807, 2.05) is 0 Å². The molecule has 0 radical (unpaired) electrons. The number of hydrogen-bond acceptors (Lipinski definition) is 4. The van der Waals surface area contributed by atoms with E-state index < -0.39 is 12.0 Å². The van der Waals surface area contributed by atoms with Crippen LogP contribution in [0.3, 0.4) is 0 Å². The van der Waals surface area contributed by atoms with Crippen molar-refractivity contribution in [3.63, 3.8) is 0 Å². The van der Waals surface area contributed by atoms with E-state index in [1.165, 1.54) is 0 Å². The van der Waals surface area contributed by atoms with Crippen molar-refractivity contribution in [1.82, 2.24) is 15.5 Å². The van der Waals surface area contributed by atoms with Gasteiger partial charge in [0, 0.05) is 22.7 Å². The molecule has 8 nitrogen and oxygen atoms in total. The number of hydrogen-bond donors (Lipinski definition) is 3. The molecule has 0 amide bonds. The van der Waals surface area contributed by atoms with Gasteiger partial charge in [-0.25, -0.2) is 0 Å². The summed E-state index contributed by atoms with van der Waals surface area (Å²) in [5.41, 5.74) is 10.2. The van der Waals surface area contributed by atoms with Gasteiger partial charge >= 0.3 is 5.97 Å². The summed E-state index contributed by atoms with van der Waals surface area (Å²) in [5, 5.41) is 22.3. The van der Waals surface area contributed by atoms with E-state index in [0.717, 1.165) is 5.69 Å². The molecule has 0 fully saturated rings. The van der Waals surface area contributed by atoms with Crippen molar-refractivity contribution in [2.45, 2.75) is 26.3 Å². The predicted molar refractivity (Wildman–Crippen MR) is 65.1 cm³/mol. The Morgan fingerprint density at radius 1 is 1.67 bits per heavy atom. The first-order valence-electron chi connectivity index (χ1n) is 5.56. The van der Waals surface area contributed by atoms with Gasteiger partial charge in [-0.05, 0) is 32.3 Å². The Labute approximate surface area is 104 Å². The van der Waals surface area contributed by atoms with E-state index in [4.69, 9.17) is 5.53 Å². The van der Waals surface area contributed by atoms with E-state index in [1.54, 1.807) is 13.8 Å². The van der Waals surface area contributed by atoms with Gasteiger partial charge in [0.25, 0.3) is 0 Å². The highest BCUT2D eigenvalue weighted by atomic mass is 16.4. The number of carbonyl (C=O) groups is 1. The van der Waals surface area contributed by atoms with E-state index in [0.29, 0.717) is 30.8 Å². The first-order chi connectivity index (χ1) is 8.57. The van der Waals surface area contributed by atoms with Crippen LogP contribution >= 0.6 is 0 Å². The summed E-state index contributed by atoms with van der Waals surface area (Å²) in [4.78, 5) is 13.9. The molecule has 0 aliphatic carbocycles. The molecule has 1 aromatic rings.